The summed E-state index contributed by atoms with van der Waals surface area (Å²) in [7, 11) is 0. The average molecular weight is 264 g/mol. The predicted octanol–water partition coefficient (Wildman–Crippen LogP) is 1.49. The summed E-state index contributed by atoms with van der Waals surface area (Å²) in [6.07, 6.45) is 6.33. The first-order chi connectivity index (χ1) is 9.08. The highest BCUT2D eigenvalue weighted by Gasteiger charge is 2.27. The van der Waals surface area contributed by atoms with E-state index in [9.17, 15) is 4.79 Å². The number of nitrogens with two attached hydrogens (primary N) is 1. The number of aromatic nitrogens is 2. The van der Waals surface area contributed by atoms with E-state index in [1.54, 1.807) is 6.20 Å². The lowest BCUT2D eigenvalue weighted by Crippen LogP contribution is -2.47. The third-order valence-electron chi connectivity index (χ3n) is 3.76. The van der Waals surface area contributed by atoms with Crippen molar-refractivity contribution in [1.29, 1.82) is 0 Å². The van der Waals surface area contributed by atoms with Gasteiger partial charge in [0.1, 0.15) is 5.82 Å². The number of nitrogens with one attached hydrogen (secondary N) is 1. The maximum absolute atomic E-state index is 12.2. The number of imidazole rings is 1. The van der Waals surface area contributed by atoms with Gasteiger partial charge in [-0.1, -0.05) is 13.8 Å². The lowest BCUT2D eigenvalue weighted by atomic mass is 9.95. The lowest BCUT2D eigenvalue weighted by molar-refractivity contribution is -0.134. The number of carbonyl (C=O) groups excluding carboxylic acids is 1. The van der Waals surface area contributed by atoms with Crippen LogP contribution < -0.4 is 5.73 Å². The van der Waals surface area contributed by atoms with Crippen LogP contribution >= 0.6 is 0 Å². The van der Waals surface area contributed by atoms with Gasteiger partial charge in [0.25, 0.3) is 0 Å². The highest BCUT2D eigenvalue weighted by atomic mass is 16.2. The monoisotopic (exact) mass is 264 g/mol. The van der Waals surface area contributed by atoms with Gasteiger partial charge >= 0.3 is 0 Å². The zero-order valence-corrected chi connectivity index (χ0v) is 11.8. The Balaban J connectivity index is 1.84. The van der Waals surface area contributed by atoms with Gasteiger partial charge in [-0.25, -0.2) is 4.98 Å². The number of amides is 1. The number of H-pyrrole nitrogens is 1. The van der Waals surface area contributed by atoms with E-state index >= 15 is 0 Å². The van der Waals surface area contributed by atoms with E-state index in [2.05, 4.69) is 23.8 Å². The van der Waals surface area contributed by atoms with Gasteiger partial charge in [-0.3, -0.25) is 4.79 Å². The van der Waals surface area contributed by atoms with Crippen LogP contribution in [-0.2, 0) is 4.79 Å². The van der Waals surface area contributed by atoms with E-state index in [0.717, 1.165) is 38.2 Å². The molecule has 2 rings (SSSR count). The summed E-state index contributed by atoms with van der Waals surface area (Å²) in [6, 6.07) is -0.347. The largest absolute Gasteiger partial charge is 0.348 e. The average Bonchev–Trinajstić information content (AvgIpc) is 2.91. The normalized spacial score (nSPS) is 18.8. The Morgan fingerprint density at radius 1 is 1.53 bits per heavy atom. The molecule has 1 aromatic rings. The van der Waals surface area contributed by atoms with Crippen molar-refractivity contribution in [3.63, 3.8) is 0 Å². The molecule has 0 bridgehead atoms. The number of aromatic amines is 1. The summed E-state index contributed by atoms with van der Waals surface area (Å²) in [5.41, 5.74) is 5.97. The van der Waals surface area contributed by atoms with Gasteiger partial charge in [0.15, 0.2) is 0 Å². The summed E-state index contributed by atoms with van der Waals surface area (Å²) in [5.74, 6) is 2.05. The van der Waals surface area contributed by atoms with E-state index in [1.807, 2.05) is 11.1 Å². The van der Waals surface area contributed by atoms with E-state index < -0.39 is 0 Å². The Hall–Kier alpha value is -1.36. The minimum atomic E-state index is -0.347. The minimum absolute atomic E-state index is 0.103. The molecule has 0 saturated carbocycles. The first-order valence-corrected chi connectivity index (χ1v) is 7.11. The molecule has 1 aliphatic rings. The van der Waals surface area contributed by atoms with E-state index in [4.69, 9.17) is 5.73 Å². The van der Waals surface area contributed by atoms with Gasteiger partial charge < -0.3 is 15.6 Å². The summed E-state index contributed by atoms with van der Waals surface area (Å²) >= 11 is 0. The molecule has 0 radical (unpaired) electrons. The van der Waals surface area contributed by atoms with Gasteiger partial charge in [-0.15, -0.1) is 0 Å². The number of hydrogen-bond acceptors (Lipinski definition) is 3. The van der Waals surface area contributed by atoms with Crippen LogP contribution in [0, 0.1) is 5.92 Å². The van der Waals surface area contributed by atoms with Crippen LogP contribution in [0.4, 0.5) is 0 Å². The Bertz CT molecular complexity index is 394. The van der Waals surface area contributed by atoms with Gasteiger partial charge in [0, 0.05) is 31.4 Å². The maximum atomic E-state index is 12.2. The summed E-state index contributed by atoms with van der Waals surface area (Å²) < 4.78 is 0. The second kappa shape index (κ2) is 6.19. The summed E-state index contributed by atoms with van der Waals surface area (Å²) in [6.45, 7) is 5.76. The SMILES string of the molecule is CC(C)C[C@@H](N)C(=O)N1CCC(c2ncc[nH]2)CC1. The third kappa shape index (κ3) is 3.56. The fourth-order valence-corrected chi connectivity index (χ4v) is 2.72. The van der Waals surface area contributed by atoms with Crippen LogP contribution in [0.2, 0.25) is 0 Å². The number of piperidine rings is 1. The van der Waals surface area contributed by atoms with Crippen molar-refractivity contribution in [2.45, 2.75) is 45.1 Å². The molecule has 5 heteroatoms. The second-order valence-electron chi connectivity index (χ2n) is 5.81. The predicted molar refractivity (Wildman–Crippen MR) is 74.6 cm³/mol. The van der Waals surface area contributed by atoms with Crippen LogP contribution in [0.1, 0.15) is 44.9 Å². The summed E-state index contributed by atoms with van der Waals surface area (Å²) in [5, 5.41) is 0. The van der Waals surface area contributed by atoms with E-state index in [-0.39, 0.29) is 11.9 Å². The van der Waals surface area contributed by atoms with Gasteiger partial charge in [-0.2, -0.15) is 0 Å². The topological polar surface area (TPSA) is 75.0 Å². The van der Waals surface area contributed by atoms with Crippen molar-refractivity contribution >= 4 is 5.91 Å². The van der Waals surface area contributed by atoms with Crippen LogP contribution in [-0.4, -0.2) is 39.9 Å². The molecule has 0 unspecified atom stereocenters. The Morgan fingerprint density at radius 2 is 2.21 bits per heavy atom. The molecule has 19 heavy (non-hydrogen) atoms. The zero-order chi connectivity index (χ0) is 13.8. The van der Waals surface area contributed by atoms with E-state index in [0.29, 0.717) is 11.8 Å². The number of nitrogens with zero attached hydrogens (tertiary/aromatic N) is 2. The zero-order valence-electron chi connectivity index (χ0n) is 11.8. The number of rotatable bonds is 4. The van der Waals surface area contributed by atoms with Crippen molar-refractivity contribution in [1.82, 2.24) is 14.9 Å². The molecule has 1 fully saturated rings. The molecule has 1 aliphatic heterocycles. The van der Waals surface area contributed by atoms with Crippen LogP contribution in [0.15, 0.2) is 12.4 Å². The molecule has 1 saturated heterocycles. The molecule has 3 N–H and O–H groups in total. The van der Waals surface area contributed by atoms with Gasteiger partial charge in [0.05, 0.1) is 6.04 Å². The van der Waals surface area contributed by atoms with Crippen molar-refractivity contribution < 1.29 is 4.79 Å². The molecule has 2 heterocycles. The summed E-state index contributed by atoms with van der Waals surface area (Å²) in [4.78, 5) is 21.6. The molecule has 0 spiro atoms. The Morgan fingerprint density at radius 3 is 2.74 bits per heavy atom. The smallest absolute Gasteiger partial charge is 0.239 e. The van der Waals surface area contributed by atoms with E-state index in [1.165, 1.54) is 0 Å². The Kier molecular flexibility index (Phi) is 4.58. The highest BCUT2D eigenvalue weighted by Crippen LogP contribution is 2.25. The molecule has 0 aromatic carbocycles. The van der Waals surface area contributed by atoms with Crippen LogP contribution in [0.25, 0.3) is 0 Å². The molecular weight excluding hydrogens is 240 g/mol. The standard InChI is InChI=1S/C14H24N4O/c1-10(2)9-12(15)14(19)18-7-3-11(4-8-18)13-16-5-6-17-13/h5-6,10-12H,3-4,7-9,15H2,1-2H3,(H,16,17)/t12-/m1/s1. The maximum Gasteiger partial charge on any atom is 0.239 e. The molecule has 106 valence electrons. The van der Waals surface area contributed by atoms with Gasteiger partial charge in [-0.05, 0) is 25.2 Å². The second-order valence-corrected chi connectivity index (χ2v) is 5.81. The number of hydrogen-bond donors (Lipinski definition) is 2. The lowest BCUT2D eigenvalue weighted by Gasteiger charge is -2.33. The van der Waals surface area contributed by atoms with Gasteiger partial charge in [0.2, 0.25) is 5.91 Å². The van der Waals surface area contributed by atoms with Crippen molar-refractivity contribution in [3.05, 3.63) is 18.2 Å². The molecule has 1 atom stereocenters. The fourth-order valence-electron chi connectivity index (χ4n) is 2.72. The van der Waals surface area contributed by atoms with Crippen molar-refractivity contribution in [2.24, 2.45) is 11.7 Å². The highest BCUT2D eigenvalue weighted by molar-refractivity contribution is 5.81. The Labute approximate surface area is 114 Å². The van der Waals surface area contributed by atoms with Crippen molar-refractivity contribution in [3.8, 4) is 0 Å². The number of carbonyl (C=O) groups is 1. The molecule has 5 nitrogen and oxygen atoms in total. The molecule has 1 aromatic heterocycles. The quantitative estimate of drug-likeness (QED) is 0.865. The van der Waals surface area contributed by atoms with Crippen LogP contribution in [0.5, 0.6) is 0 Å². The minimum Gasteiger partial charge on any atom is -0.348 e. The van der Waals surface area contributed by atoms with Crippen LogP contribution in [0.3, 0.4) is 0 Å². The molecule has 1 amide bonds. The first-order valence-electron chi connectivity index (χ1n) is 7.11. The first kappa shape index (κ1) is 14.1. The fraction of sp³-hybridized carbons (Fsp3) is 0.714. The molecule has 0 aliphatic carbocycles. The number of likely N-dealkylation sites (tertiary alicyclic amines) is 1. The van der Waals surface area contributed by atoms with Crippen molar-refractivity contribution in [2.75, 3.05) is 13.1 Å². The third-order valence-corrected chi connectivity index (χ3v) is 3.76. The molecular formula is C14H24N4O.